The number of halogens is 3. The summed E-state index contributed by atoms with van der Waals surface area (Å²) in [5, 5.41) is 9.62. The molecule has 0 bridgehead atoms. The zero-order chi connectivity index (χ0) is 49.7. The molecule has 2 aliphatic carbocycles. The number of aliphatic hydroxyl groups is 1. The van der Waals surface area contributed by atoms with Gasteiger partial charge in [-0.2, -0.15) is 0 Å². The molecule has 2 fully saturated rings. The number of carbonyl (C=O) groups is 2. The number of aromatic nitrogens is 2. The van der Waals surface area contributed by atoms with Crippen molar-refractivity contribution < 1.29 is 56.0 Å². The molecule has 2 heterocycles. The Morgan fingerprint density at radius 1 is 0.657 bits per heavy atom. The maximum Gasteiger partial charge on any atom is 0.338 e. The molecule has 2 aromatic heterocycles. The summed E-state index contributed by atoms with van der Waals surface area (Å²) in [5.41, 5.74) is 0.249. The van der Waals surface area contributed by atoms with Crippen molar-refractivity contribution >= 4 is 34.5 Å². The molecule has 1 N–H and O–H groups in total. The van der Waals surface area contributed by atoms with Crippen LogP contribution in [0.3, 0.4) is 0 Å². The van der Waals surface area contributed by atoms with Crippen LogP contribution in [0.15, 0.2) is 57.4 Å². The van der Waals surface area contributed by atoms with E-state index in [0.717, 1.165) is 84.1 Å². The number of alkyl halides is 1. The normalized spacial score (nSPS) is 19.1. The molecular weight excluding hydrogens is 977 g/mol. The molecule has 2 aromatic carbocycles. The van der Waals surface area contributed by atoms with Gasteiger partial charge in [0.25, 0.3) is 0 Å². The third-order valence-electron chi connectivity index (χ3n) is 11.2. The van der Waals surface area contributed by atoms with Gasteiger partial charge < -0.3 is 37.6 Å². The van der Waals surface area contributed by atoms with Crippen LogP contribution < -0.4 is 0 Å². The maximum atomic E-state index is 13.2. The number of rotatable bonds is 14. The molecule has 0 amide bonds. The molecule has 15 heteroatoms. The molecule has 0 aliphatic heterocycles. The summed E-state index contributed by atoms with van der Waals surface area (Å²) in [4.78, 5) is 33.3. The van der Waals surface area contributed by atoms with Crippen LogP contribution in [0.4, 0.5) is 8.78 Å². The summed E-state index contributed by atoms with van der Waals surface area (Å²) >= 11 is 2.23. The maximum absolute atomic E-state index is 13.2. The number of oxazole rings is 2. The Kier molecular flexibility index (Phi) is 20.6. The summed E-state index contributed by atoms with van der Waals surface area (Å²) in [6.45, 7) is 23.2. The van der Waals surface area contributed by atoms with E-state index in [-0.39, 0.29) is 35.8 Å². The van der Waals surface area contributed by atoms with Gasteiger partial charge in [0, 0.05) is 15.6 Å². The lowest BCUT2D eigenvalue weighted by Gasteiger charge is -2.33. The van der Waals surface area contributed by atoms with Crippen molar-refractivity contribution in [2.75, 3.05) is 13.2 Å². The van der Waals surface area contributed by atoms with E-state index >= 15 is 0 Å². The van der Waals surface area contributed by atoms with Crippen molar-refractivity contribution in [2.45, 2.75) is 180 Å². The Bertz CT molecular complexity index is 2160. The highest BCUT2D eigenvalue weighted by molar-refractivity contribution is 14.1. The van der Waals surface area contributed by atoms with Crippen molar-refractivity contribution in [3.05, 3.63) is 83.1 Å². The lowest BCUT2D eigenvalue weighted by Crippen LogP contribution is -2.42. The number of aryl methyl sites for hydroxylation is 2. The van der Waals surface area contributed by atoms with Crippen molar-refractivity contribution in [2.24, 2.45) is 11.8 Å². The van der Waals surface area contributed by atoms with E-state index in [1.165, 1.54) is 24.3 Å². The standard InChI is InChI=1S/C26H36FNO5.C15H28O4.C11H9FINO/c1-17-22(28-23(32-17)19-10-12-20(27)13-11-19)16-30-21-9-7-8-18(14-21)15-31-26(5,6)24(29)33-25(2,3)4;1-14(2,3)19-13(17)15(4,5)18-10-11-7-6-8-12(16)9-11;1-7-10(6-13)14-11(15-7)8-2-4-9(12)5-3-8/h10-13,18,21H,7-9,14-16H2,1-6H3;11-12,16H,6-10H2,1-5H3;2-5H,6H2,1H3. The minimum atomic E-state index is -0.990. The minimum Gasteiger partial charge on any atom is -0.458 e. The summed E-state index contributed by atoms with van der Waals surface area (Å²) in [6, 6.07) is 12.2. The van der Waals surface area contributed by atoms with E-state index in [1.54, 1.807) is 52.0 Å². The van der Waals surface area contributed by atoms with E-state index < -0.39 is 22.4 Å². The van der Waals surface area contributed by atoms with Crippen LogP contribution in [0.2, 0.25) is 0 Å². The fourth-order valence-electron chi connectivity index (χ4n) is 7.27. The molecule has 67 heavy (non-hydrogen) atoms. The predicted molar refractivity (Wildman–Crippen MR) is 261 cm³/mol. The smallest absolute Gasteiger partial charge is 0.338 e. The second kappa shape index (κ2) is 24.7. The zero-order valence-electron chi connectivity index (χ0n) is 41.6. The fraction of sp³-hybridized carbons (Fsp3) is 0.615. The number of hydrogen-bond acceptors (Lipinski definition) is 12. The Morgan fingerprint density at radius 2 is 1.07 bits per heavy atom. The van der Waals surface area contributed by atoms with Crippen LogP contribution in [0, 0.1) is 37.3 Å². The quantitative estimate of drug-likeness (QED) is 0.0727. The molecule has 4 unspecified atom stereocenters. The summed E-state index contributed by atoms with van der Waals surface area (Å²) in [5.74, 6) is 1.96. The Hall–Kier alpha value is -3.77. The second-order valence-corrected chi connectivity index (χ2v) is 21.3. The highest BCUT2D eigenvalue weighted by atomic mass is 127. The number of aliphatic hydroxyl groups excluding tert-OH is 1. The lowest BCUT2D eigenvalue weighted by molar-refractivity contribution is -0.182. The van der Waals surface area contributed by atoms with Gasteiger partial charge in [-0.1, -0.05) is 35.4 Å². The summed E-state index contributed by atoms with van der Waals surface area (Å²) < 4.78 is 66.6. The largest absolute Gasteiger partial charge is 0.458 e. The fourth-order valence-corrected chi connectivity index (χ4v) is 7.98. The predicted octanol–water partition coefficient (Wildman–Crippen LogP) is 12.4. The van der Waals surface area contributed by atoms with Crippen molar-refractivity contribution in [1.29, 1.82) is 0 Å². The Morgan fingerprint density at radius 3 is 1.49 bits per heavy atom. The third kappa shape index (κ3) is 18.9. The average Bonchev–Trinajstić information content (AvgIpc) is 3.82. The molecule has 0 spiro atoms. The molecule has 0 saturated heterocycles. The number of hydrogen-bond donors (Lipinski definition) is 1. The molecule has 2 aliphatic rings. The number of benzene rings is 2. The van der Waals surface area contributed by atoms with Gasteiger partial charge in [-0.3, -0.25) is 0 Å². The van der Waals surface area contributed by atoms with E-state index in [9.17, 15) is 23.5 Å². The van der Waals surface area contributed by atoms with Crippen LogP contribution in [0.25, 0.3) is 22.9 Å². The van der Waals surface area contributed by atoms with Gasteiger partial charge in [0.2, 0.25) is 11.8 Å². The molecule has 4 aromatic rings. The van der Waals surface area contributed by atoms with Crippen molar-refractivity contribution in [3.63, 3.8) is 0 Å². The minimum absolute atomic E-state index is 0.0994. The molecule has 12 nitrogen and oxygen atoms in total. The van der Waals surface area contributed by atoms with Gasteiger partial charge in [-0.05, 0) is 182 Å². The van der Waals surface area contributed by atoms with Crippen LogP contribution >= 0.6 is 22.6 Å². The van der Waals surface area contributed by atoms with E-state index in [1.807, 2.05) is 55.4 Å². The number of nitrogens with zero attached hydrogens (tertiary/aromatic N) is 2. The van der Waals surface area contributed by atoms with Gasteiger partial charge in [0.15, 0.2) is 11.2 Å². The number of carbonyl (C=O) groups excluding carboxylic acids is 2. The van der Waals surface area contributed by atoms with Crippen LogP contribution in [-0.4, -0.2) is 74.8 Å². The van der Waals surface area contributed by atoms with Crippen LogP contribution in [0.5, 0.6) is 0 Å². The van der Waals surface area contributed by atoms with Crippen molar-refractivity contribution in [1.82, 2.24) is 9.97 Å². The van der Waals surface area contributed by atoms with E-state index in [2.05, 4.69) is 32.6 Å². The monoisotopic (exact) mass is 1050 g/mol. The molecular formula is C52H73F2IN2O10. The lowest BCUT2D eigenvalue weighted by atomic mass is 9.87. The van der Waals surface area contributed by atoms with Gasteiger partial charge in [-0.25, -0.2) is 28.3 Å². The third-order valence-corrected chi connectivity index (χ3v) is 11.9. The van der Waals surface area contributed by atoms with Crippen molar-refractivity contribution in [3.8, 4) is 22.9 Å². The van der Waals surface area contributed by atoms with Crippen LogP contribution in [-0.2, 0) is 44.3 Å². The number of ether oxygens (including phenoxy) is 5. The second-order valence-electron chi connectivity index (χ2n) is 20.5. The van der Waals surface area contributed by atoms with Crippen LogP contribution in [0.1, 0.15) is 144 Å². The van der Waals surface area contributed by atoms with E-state index in [4.69, 9.17) is 32.5 Å². The Labute approximate surface area is 409 Å². The molecule has 2 saturated carbocycles. The molecule has 4 atom stereocenters. The van der Waals surface area contributed by atoms with Gasteiger partial charge in [-0.15, -0.1) is 0 Å². The average molecular weight is 1050 g/mol. The SMILES string of the molecule is CC(C)(C)OC(=O)C(C)(C)OCC1CCCC(O)C1.Cc1oc(-c2ccc(F)cc2)nc1CI.Cc1oc(-c2ccc(F)cc2)nc1COC1CCCC(COC(C)(C)C(=O)OC(C)(C)C)C1. The number of esters is 2. The topological polar surface area (TPSA) is 153 Å². The van der Waals surface area contributed by atoms with Gasteiger partial charge in [0.05, 0.1) is 37.7 Å². The first kappa shape index (κ1) is 55.8. The summed E-state index contributed by atoms with van der Waals surface area (Å²) in [6.07, 6.45) is 7.56. The first-order valence-electron chi connectivity index (χ1n) is 23.3. The first-order valence-corrected chi connectivity index (χ1v) is 24.8. The highest BCUT2D eigenvalue weighted by Crippen LogP contribution is 2.31. The molecule has 6 rings (SSSR count). The zero-order valence-corrected chi connectivity index (χ0v) is 43.7. The first-order chi connectivity index (χ1) is 31.2. The van der Waals surface area contributed by atoms with E-state index in [0.29, 0.717) is 49.2 Å². The Balaban J connectivity index is 0.000000243. The molecule has 372 valence electrons. The van der Waals surface area contributed by atoms with Gasteiger partial charge >= 0.3 is 11.9 Å². The molecule has 0 radical (unpaired) electrons. The van der Waals surface area contributed by atoms with Gasteiger partial charge in [0.1, 0.15) is 40.1 Å². The summed E-state index contributed by atoms with van der Waals surface area (Å²) in [7, 11) is 0. The highest BCUT2D eigenvalue weighted by Gasteiger charge is 2.36.